The molecule has 108 valence electrons. The number of hydrogen-bond donors (Lipinski definition) is 2. The Bertz CT molecular complexity index is 426. The minimum absolute atomic E-state index is 0.0867. The molecule has 2 N–H and O–H groups in total. The molecular weight excluding hydrogens is 266 g/mol. The maximum Gasteiger partial charge on any atom is 0.319 e. The molecule has 1 atom stereocenters. The molecule has 19 heavy (non-hydrogen) atoms. The van der Waals surface area contributed by atoms with Gasteiger partial charge >= 0.3 is 12.3 Å². The van der Waals surface area contributed by atoms with E-state index in [0.717, 1.165) is 0 Å². The molecule has 0 fully saturated rings. The van der Waals surface area contributed by atoms with Crippen molar-refractivity contribution in [2.24, 2.45) is 0 Å². The predicted octanol–water partition coefficient (Wildman–Crippen LogP) is 2.95. The average molecular weight is 281 g/mol. The van der Waals surface area contributed by atoms with E-state index in [0.29, 0.717) is 5.56 Å². The van der Waals surface area contributed by atoms with E-state index in [1.54, 1.807) is 6.92 Å². The molecule has 1 aromatic rings. The van der Waals surface area contributed by atoms with Gasteiger partial charge in [0, 0.05) is 6.04 Å². The van der Waals surface area contributed by atoms with Crippen LogP contribution in [-0.4, -0.2) is 31.1 Å². The van der Waals surface area contributed by atoms with E-state index >= 15 is 0 Å². The number of rotatable bonds is 6. The molecule has 0 aliphatic heterocycles. The average Bonchev–Trinajstić information content (AvgIpc) is 2.36. The van der Waals surface area contributed by atoms with Gasteiger partial charge in [0.2, 0.25) is 0 Å². The maximum absolute atomic E-state index is 12.8. The van der Waals surface area contributed by atoms with Crippen molar-refractivity contribution >= 4 is 0 Å². The van der Waals surface area contributed by atoms with Crippen molar-refractivity contribution < 1.29 is 27.4 Å². The lowest BCUT2D eigenvalue weighted by atomic mass is 10.1. The highest BCUT2D eigenvalue weighted by molar-refractivity contribution is 5.42. The van der Waals surface area contributed by atoms with Gasteiger partial charge in [0.1, 0.15) is 0 Å². The molecule has 0 saturated heterocycles. The molecule has 1 aromatic carbocycles. The summed E-state index contributed by atoms with van der Waals surface area (Å²) in [6.45, 7) is 0.419. The van der Waals surface area contributed by atoms with Gasteiger partial charge in [-0.1, -0.05) is 6.07 Å². The van der Waals surface area contributed by atoms with Crippen LogP contribution in [0, 0.1) is 0 Å². The molecule has 0 saturated carbocycles. The quantitative estimate of drug-likeness (QED) is 0.788. The monoisotopic (exact) mass is 281 g/mol. The Morgan fingerprint density at radius 1 is 1.37 bits per heavy atom. The molecular formula is C12H15F4NO2. The second kappa shape index (κ2) is 6.10. The molecule has 0 aliphatic rings. The van der Waals surface area contributed by atoms with Gasteiger partial charge in [0.15, 0.2) is 11.5 Å². The number of alkyl halides is 4. The molecule has 0 heterocycles. The number of aromatic hydroxyl groups is 1. The van der Waals surface area contributed by atoms with Gasteiger partial charge in [0.25, 0.3) is 0 Å². The minimum atomic E-state index is -4.07. The number of ether oxygens (including phenoxy) is 1. The highest BCUT2D eigenvalue weighted by Gasteiger charge is 2.40. The highest BCUT2D eigenvalue weighted by Crippen LogP contribution is 2.29. The van der Waals surface area contributed by atoms with Gasteiger partial charge in [-0.05, 0) is 24.6 Å². The number of benzene rings is 1. The number of halogens is 4. The molecule has 0 amide bonds. The maximum atomic E-state index is 12.8. The fraction of sp³-hybridized carbons (Fsp3) is 0.500. The largest absolute Gasteiger partial charge is 0.504 e. The molecule has 0 radical (unpaired) electrons. The Hall–Kier alpha value is -1.50. The van der Waals surface area contributed by atoms with Crippen molar-refractivity contribution in [1.82, 2.24) is 5.32 Å². The van der Waals surface area contributed by atoms with Crippen LogP contribution in [-0.2, 0) is 0 Å². The second-order valence-corrected chi connectivity index (χ2v) is 4.10. The summed E-state index contributed by atoms with van der Waals surface area (Å²) in [4.78, 5) is 0. The SMILES string of the molecule is COc1cc(C(C)NCC(F)(F)C(F)F)ccc1O. The topological polar surface area (TPSA) is 41.5 Å². The Kier molecular flexibility index (Phi) is 4.99. The molecule has 0 spiro atoms. The summed E-state index contributed by atoms with van der Waals surface area (Å²) in [5, 5.41) is 11.7. The van der Waals surface area contributed by atoms with Crippen molar-refractivity contribution in [1.29, 1.82) is 0 Å². The first kappa shape index (κ1) is 15.6. The third-order valence-corrected chi connectivity index (χ3v) is 2.67. The summed E-state index contributed by atoms with van der Waals surface area (Å²) < 4.78 is 54.4. The molecule has 7 heteroatoms. The van der Waals surface area contributed by atoms with E-state index in [4.69, 9.17) is 4.74 Å². The summed E-state index contributed by atoms with van der Waals surface area (Å²) in [5.74, 6) is -3.97. The van der Waals surface area contributed by atoms with Crippen LogP contribution >= 0.6 is 0 Å². The Morgan fingerprint density at radius 2 is 2.00 bits per heavy atom. The van der Waals surface area contributed by atoms with Crippen LogP contribution < -0.4 is 10.1 Å². The number of methoxy groups -OCH3 is 1. The normalized spacial score (nSPS) is 13.6. The second-order valence-electron chi connectivity index (χ2n) is 4.10. The standard InChI is InChI=1S/C12H15F4NO2/c1-7(17-6-12(15,16)11(13)14)8-3-4-9(18)10(5-8)19-2/h3-5,7,11,17-18H,6H2,1-2H3. The first-order valence-corrected chi connectivity index (χ1v) is 5.54. The molecule has 3 nitrogen and oxygen atoms in total. The van der Waals surface area contributed by atoms with Crippen LogP contribution in [0.15, 0.2) is 18.2 Å². The van der Waals surface area contributed by atoms with Crippen LogP contribution in [0.4, 0.5) is 17.6 Å². The number of nitrogens with one attached hydrogen (secondary N) is 1. The summed E-state index contributed by atoms with van der Waals surface area (Å²) in [6, 6.07) is 3.71. The van der Waals surface area contributed by atoms with Crippen molar-refractivity contribution in [2.75, 3.05) is 13.7 Å². The lowest BCUT2D eigenvalue weighted by molar-refractivity contribution is -0.126. The zero-order valence-electron chi connectivity index (χ0n) is 10.5. The van der Waals surface area contributed by atoms with E-state index in [1.165, 1.54) is 25.3 Å². The summed E-state index contributed by atoms with van der Waals surface area (Å²) in [7, 11) is 1.35. The van der Waals surface area contributed by atoms with Gasteiger partial charge in [0.05, 0.1) is 13.7 Å². The van der Waals surface area contributed by atoms with Crippen LogP contribution in [0.5, 0.6) is 11.5 Å². The van der Waals surface area contributed by atoms with Gasteiger partial charge in [-0.3, -0.25) is 0 Å². The Balaban J connectivity index is 2.71. The first-order chi connectivity index (χ1) is 8.77. The van der Waals surface area contributed by atoms with Crippen molar-refractivity contribution in [3.63, 3.8) is 0 Å². The van der Waals surface area contributed by atoms with Crippen LogP contribution in [0.25, 0.3) is 0 Å². The fourth-order valence-corrected chi connectivity index (χ4v) is 1.45. The lowest BCUT2D eigenvalue weighted by Gasteiger charge is -2.20. The third kappa shape index (κ3) is 3.99. The van der Waals surface area contributed by atoms with Crippen LogP contribution in [0.3, 0.4) is 0 Å². The zero-order valence-corrected chi connectivity index (χ0v) is 10.5. The summed E-state index contributed by atoms with van der Waals surface area (Å²) >= 11 is 0. The van der Waals surface area contributed by atoms with Crippen molar-refractivity contribution in [3.8, 4) is 11.5 Å². The van der Waals surface area contributed by atoms with E-state index in [9.17, 15) is 22.7 Å². The van der Waals surface area contributed by atoms with Gasteiger partial charge in [-0.25, -0.2) is 8.78 Å². The zero-order chi connectivity index (χ0) is 14.6. The molecule has 0 aliphatic carbocycles. The van der Waals surface area contributed by atoms with E-state index in [2.05, 4.69) is 5.32 Å². The molecule has 0 aromatic heterocycles. The Labute approximate surface area is 108 Å². The van der Waals surface area contributed by atoms with E-state index in [-0.39, 0.29) is 11.5 Å². The molecule has 0 bridgehead atoms. The van der Waals surface area contributed by atoms with Crippen molar-refractivity contribution in [2.45, 2.75) is 25.3 Å². The minimum Gasteiger partial charge on any atom is -0.504 e. The third-order valence-electron chi connectivity index (χ3n) is 2.67. The van der Waals surface area contributed by atoms with E-state index in [1.807, 2.05) is 0 Å². The van der Waals surface area contributed by atoms with Gasteiger partial charge < -0.3 is 15.2 Å². The van der Waals surface area contributed by atoms with Gasteiger partial charge in [-0.15, -0.1) is 0 Å². The summed E-state index contributed by atoms with van der Waals surface area (Å²) in [6.07, 6.45) is -3.71. The fourth-order valence-electron chi connectivity index (χ4n) is 1.45. The number of phenols is 1. The van der Waals surface area contributed by atoms with E-state index < -0.39 is 24.9 Å². The van der Waals surface area contributed by atoms with Crippen molar-refractivity contribution in [3.05, 3.63) is 23.8 Å². The first-order valence-electron chi connectivity index (χ1n) is 5.54. The lowest BCUT2D eigenvalue weighted by Crippen LogP contribution is -2.39. The molecule has 1 unspecified atom stereocenters. The predicted molar refractivity (Wildman–Crippen MR) is 62.0 cm³/mol. The number of hydrogen-bond acceptors (Lipinski definition) is 3. The summed E-state index contributed by atoms with van der Waals surface area (Å²) in [5.41, 5.74) is 0.541. The smallest absolute Gasteiger partial charge is 0.319 e. The van der Waals surface area contributed by atoms with Crippen LogP contribution in [0.1, 0.15) is 18.5 Å². The Morgan fingerprint density at radius 3 is 2.53 bits per heavy atom. The molecule has 1 rings (SSSR count). The number of phenolic OH excluding ortho intramolecular Hbond substituents is 1. The van der Waals surface area contributed by atoms with Gasteiger partial charge in [-0.2, -0.15) is 8.78 Å². The highest BCUT2D eigenvalue weighted by atomic mass is 19.3. The van der Waals surface area contributed by atoms with Crippen LogP contribution in [0.2, 0.25) is 0 Å².